The Morgan fingerprint density at radius 3 is 2.44 bits per heavy atom. The van der Waals surface area contributed by atoms with E-state index in [4.69, 9.17) is 0 Å². The standard InChI is InChI=1S/C18H17BrFNO3S/c19-15-7-5-13(6-8-15)18(22)21(16-9-10-25(23,24)12-16)11-14-3-1-2-4-17(14)20/h1-8,16H,9-12H2/t16-/m0/s1. The number of benzene rings is 2. The van der Waals surface area contributed by atoms with Crippen LogP contribution in [0, 0.1) is 5.82 Å². The number of amides is 1. The van der Waals surface area contributed by atoms with Crippen molar-refractivity contribution in [2.45, 2.75) is 19.0 Å². The average molecular weight is 426 g/mol. The van der Waals surface area contributed by atoms with Crippen LogP contribution in [-0.4, -0.2) is 36.8 Å². The summed E-state index contributed by atoms with van der Waals surface area (Å²) in [6.45, 7) is 0.0434. The number of hydrogen-bond acceptors (Lipinski definition) is 3. The molecule has 1 amide bonds. The molecule has 25 heavy (non-hydrogen) atoms. The predicted octanol–water partition coefficient (Wildman–Crippen LogP) is 3.42. The second-order valence-corrected chi connectivity index (χ2v) is 9.23. The van der Waals surface area contributed by atoms with Gasteiger partial charge in [0.05, 0.1) is 11.5 Å². The maximum absolute atomic E-state index is 14.0. The molecule has 132 valence electrons. The predicted molar refractivity (Wildman–Crippen MR) is 97.5 cm³/mol. The second kappa shape index (κ2) is 7.25. The van der Waals surface area contributed by atoms with Crippen molar-refractivity contribution in [1.29, 1.82) is 0 Å². The van der Waals surface area contributed by atoms with Gasteiger partial charge in [-0.2, -0.15) is 0 Å². The van der Waals surface area contributed by atoms with Crippen LogP contribution in [0.3, 0.4) is 0 Å². The van der Waals surface area contributed by atoms with Gasteiger partial charge in [0.15, 0.2) is 9.84 Å². The molecule has 3 rings (SSSR count). The summed E-state index contributed by atoms with van der Waals surface area (Å²) < 4.78 is 38.6. The number of carbonyl (C=O) groups excluding carboxylic acids is 1. The van der Waals surface area contributed by atoms with Gasteiger partial charge in [0.2, 0.25) is 0 Å². The number of carbonyl (C=O) groups is 1. The van der Waals surface area contributed by atoms with Gasteiger partial charge in [-0.25, -0.2) is 12.8 Å². The molecule has 7 heteroatoms. The van der Waals surface area contributed by atoms with E-state index in [1.54, 1.807) is 42.5 Å². The summed E-state index contributed by atoms with van der Waals surface area (Å²) in [5.41, 5.74) is 0.820. The van der Waals surface area contributed by atoms with Crippen molar-refractivity contribution in [2.24, 2.45) is 0 Å². The van der Waals surface area contributed by atoms with Gasteiger partial charge >= 0.3 is 0 Å². The molecule has 4 nitrogen and oxygen atoms in total. The van der Waals surface area contributed by atoms with E-state index in [-0.39, 0.29) is 24.0 Å². The van der Waals surface area contributed by atoms with E-state index in [9.17, 15) is 17.6 Å². The normalized spacial score (nSPS) is 18.9. The molecule has 0 bridgehead atoms. The molecule has 1 fully saturated rings. The van der Waals surface area contributed by atoms with E-state index in [0.717, 1.165) is 4.47 Å². The average Bonchev–Trinajstić information content (AvgIpc) is 2.94. The van der Waals surface area contributed by atoms with Crippen LogP contribution >= 0.6 is 15.9 Å². The highest BCUT2D eigenvalue weighted by atomic mass is 79.9. The van der Waals surface area contributed by atoms with Gasteiger partial charge in [-0.05, 0) is 36.8 Å². The van der Waals surface area contributed by atoms with Gasteiger partial charge in [-0.15, -0.1) is 0 Å². The Morgan fingerprint density at radius 2 is 1.84 bits per heavy atom. The Balaban J connectivity index is 1.92. The van der Waals surface area contributed by atoms with Crippen LogP contribution in [0.5, 0.6) is 0 Å². The Kier molecular flexibility index (Phi) is 5.24. The van der Waals surface area contributed by atoms with Gasteiger partial charge in [0.1, 0.15) is 5.82 Å². The maximum atomic E-state index is 14.0. The first-order valence-corrected chi connectivity index (χ1v) is 10.5. The quantitative estimate of drug-likeness (QED) is 0.753. The van der Waals surface area contributed by atoms with Crippen molar-refractivity contribution in [2.75, 3.05) is 11.5 Å². The summed E-state index contributed by atoms with van der Waals surface area (Å²) in [5.74, 6) is -0.724. The highest BCUT2D eigenvalue weighted by Gasteiger charge is 2.35. The fraction of sp³-hybridized carbons (Fsp3) is 0.278. The molecule has 0 radical (unpaired) electrons. The third-order valence-electron chi connectivity index (χ3n) is 4.30. The van der Waals surface area contributed by atoms with Crippen molar-refractivity contribution in [3.05, 3.63) is 69.9 Å². The first kappa shape index (κ1) is 18.1. The number of hydrogen-bond donors (Lipinski definition) is 0. The van der Waals surface area contributed by atoms with Crippen molar-refractivity contribution in [3.8, 4) is 0 Å². The maximum Gasteiger partial charge on any atom is 0.254 e. The molecule has 0 aromatic heterocycles. The zero-order chi connectivity index (χ0) is 18.0. The van der Waals surface area contributed by atoms with Crippen LogP contribution in [0.4, 0.5) is 4.39 Å². The largest absolute Gasteiger partial charge is 0.330 e. The smallest absolute Gasteiger partial charge is 0.254 e. The highest BCUT2D eigenvalue weighted by Crippen LogP contribution is 2.23. The molecule has 0 saturated carbocycles. The molecule has 0 spiro atoms. The number of rotatable bonds is 4. The van der Waals surface area contributed by atoms with Crippen LogP contribution < -0.4 is 0 Å². The molecule has 0 unspecified atom stereocenters. The number of halogens is 2. The van der Waals surface area contributed by atoms with Gasteiger partial charge < -0.3 is 4.90 Å². The number of sulfone groups is 1. The van der Waals surface area contributed by atoms with Crippen molar-refractivity contribution < 1.29 is 17.6 Å². The minimum Gasteiger partial charge on any atom is -0.330 e. The van der Waals surface area contributed by atoms with E-state index < -0.39 is 21.7 Å². The topological polar surface area (TPSA) is 54.5 Å². The first-order chi connectivity index (χ1) is 11.9. The zero-order valence-electron chi connectivity index (χ0n) is 13.4. The monoisotopic (exact) mass is 425 g/mol. The molecular weight excluding hydrogens is 409 g/mol. The minimum absolute atomic E-state index is 0.0434. The fourth-order valence-electron chi connectivity index (χ4n) is 2.96. The summed E-state index contributed by atoms with van der Waals surface area (Å²) in [4.78, 5) is 14.4. The number of nitrogens with zero attached hydrogens (tertiary/aromatic N) is 1. The van der Waals surface area contributed by atoms with Gasteiger partial charge in [-0.1, -0.05) is 34.1 Å². The first-order valence-electron chi connectivity index (χ1n) is 7.86. The lowest BCUT2D eigenvalue weighted by molar-refractivity contribution is 0.0679. The highest BCUT2D eigenvalue weighted by molar-refractivity contribution is 9.10. The Bertz CT molecular complexity index is 883. The molecule has 0 aliphatic carbocycles. The Labute approximate surface area is 154 Å². The molecule has 1 aliphatic heterocycles. The summed E-state index contributed by atoms with van der Waals surface area (Å²) >= 11 is 3.32. The van der Waals surface area contributed by atoms with Crippen LogP contribution in [-0.2, 0) is 16.4 Å². The van der Waals surface area contributed by atoms with Crippen molar-refractivity contribution >= 4 is 31.7 Å². The van der Waals surface area contributed by atoms with E-state index in [2.05, 4.69) is 15.9 Å². The summed E-state index contributed by atoms with van der Waals surface area (Å²) in [5, 5.41) is 0. The lowest BCUT2D eigenvalue weighted by Gasteiger charge is -2.28. The molecule has 1 atom stereocenters. The molecule has 2 aromatic carbocycles. The third-order valence-corrected chi connectivity index (χ3v) is 6.58. The SMILES string of the molecule is O=C(c1ccc(Br)cc1)N(Cc1ccccc1F)[C@H]1CCS(=O)(=O)C1. The fourth-order valence-corrected chi connectivity index (χ4v) is 4.95. The van der Waals surface area contributed by atoms with Crippen molar-refractivity contribution in [3.63, 3.8) is 0 Å². The van der Waals surface area contributed by atoms with Crippen LogP contribution in [0.2, 0.25) is 0 Å². The molecule has 1 saturated heterocycles. The Hall–Kier alpha value is -1.73. The summed E-state index contributed by atoms with van der Waals surface area (Å²) in [6, 6.07) is 12.6. The molecule has 1 aliphatic rings. The van der Waals surface area contributed by atoms with Crippen LogP contribution in [0.1, 0.15) is 22.3 Å². The van der Waals surface area contributed by atoms with Gasteiger partial charge in [-0.3, -0.25) is 4.79 Å². The van der Waals surface area contributed by atoms with E-state index in [1.165, 1.54) is 11.0 Å². The summed E-state index contributed by atoms with van der Waals surface area (Å²) in [7, 11) is -3.16. The molecule has 0 N–H and O–H groups in total. The van der Waals surface area contributed by atoms with Gasteiger partial charge in [0.25, 0.3) is 5.91 Å². The second-order valence-electron chi connectivity index (χ2n) is 6.09. The van der Waals surface area contributed by atoms with Gasteiger partial charge in [0, 0.05) is 28.2 Å². The van der Waals surface area contributed by atoms with Crippen molar-refractivity contribution in [1.82, 2.24) is 4.90 Å². The third kappa shape index (κ3) is 4.27. The van der Waals surface area contributed by atoms with Crippen LogP contribution in [0.15, 0.2) is 53.0 Å². The lowest BCUT2D eigenvalue weighted by atomic mass is 10.1. The van der Waals surface area contributed by atoms with Crippen LogP contribution in [0.25, 0.3) is 0 Å². The van der Waals surface area contributed by atoms with E-state index in [1.807, 2.05) is 0 Å². The lowest BCUT2D eigenvalue weighted by Crippen LogP contribution is -2.40. The molecule has 2 aromatic rings. The zero-order valence-corrected chi connectivity index (χ0v) is 15.8. The molecule has 1 heterocycles. The summed E-state index contributed by atoms with van der Waals surface area (Å²) in [6.07, 6.45) is 0.374. The van der Waals surface area contributed by atoms with E-state index in [0.29, 0.717) is 17.5 Å². The van der Waals surface area contributed by atoms with E-state index >= 15 is 0 Å². The minimum atomic E-state index is -3.16. The molecular formula is C18H17BrFNO3S. The Morgan fingerprint density at radius 1 is 1.16 bits per heavy atom.